The molecule has 6 heteroatoms. The first-order valence-corrected chi connectivity index (χ1v) is 7.98. The number of carbonyl (C=O) groups is 2. The van der Waals surface area contributed by atoms with Crippen LogP contribution in [-0.4, -0.2) is 31.8 Å². The fourth-order valence-electron chi connectivity index (χ4n) is 3.11. The van der Waals surface area contributed by atoms with Gasteiger partial charge in [-0.1, -0.05) is 6.92 Å². The maximum Gasteiger partial charge on any atom is 0.354 e. The van der Waals surface area contributed by atoms with Gasteiger partial charge in [-0.05, 0) is 44.9 Å². The number of aromatic carboxylic acids is 1. The zero-order chi connectivity index (χ0) is 17.5. The normalized spacial score (nSPS) is 19.9. The zero-order valence-corrected chi connectivity index (χ0v) is 14.0. The van der Waals surface area contributed by atoms with E-state index < -0.39 is 11.4 Å². The average Bonchev–Trinajstić information content (AvgIpc) is 2.57. The summed E-state index contributed by atoms with van der Waals surface area (Å²) >= 11 is 0. The molecule has 0 saturated heterocycles. The smallest absolute Gasteiger partial charge is 0.354 e. The van der Waals surface area contributed by atoms with Crippen LogP contribution in [0.3, 0.4) is 0 Å². The van der Waals surface area contributed by atoms with Crippen molar-refractivity contribution in [1.82, 2.24) is 15.0 Å². The van der Waals surface area contributed by atoms with E-state index in [9.17, 15) is 9.59 Å². The highest BCUT2D eigenvalue weighted by atomic mass is 16.4. The maximum absolute atomic E-state index is 13.1. The first kappa shape index (κ1) is 16.2. The Labute approximate surface area is 140 Å². The molecule has 1 unspecified atom stereocenters. The van der Waals surface area contributed by atoms with Gasteiger partial charge in [0.15, 0.2) is 5.78 Å². The van der Waals surface area contributed by atoms with E-state index in [1.807, 2.05) is 26.8 Å². The summed E-state index contributed by atoms with van der Waals surface area (Å²) in [6.45, 7) is 5.77. The van der Waals surface area contributed by atoms with Crippen molar-refractivity contribution in [2.45, 2.75) is 45.4 Å². The van der Waals surface area contributed by atoms with Gasteiger partial charge in [0.25, 0.3) is 0 Å². The van der Waals surface area contributed by atoms with Crippen molar-refractivity contribution in [2.24, 2.45) is 0 Å². The second-order valence-electron chi connectivity index (χ2n) is 6.32. The third-order valence-electron chi connectivity index (χ3n) is 4.58. The van der Waals surface area contributed by atoms with Crippen LogP contribution in [0.1, 0.15) is 64.0 Å². The number of fused-ring (bicyclic) bond motifs is 1. The number of hydrogen-bond acceptors (Lipinski definition) is 5. The molecule has 0 aliphatic heterocycles. The Kier molecular flexibility index (Phi) is 3.91. The molecule has 2 aromatic rings. The lowest BCUT2D eigenvalue weighted by Crippen LogP contribution is -2.39. The minimum Gasteiger partial charge on any atom is -0.477 e. The Hall–Kier alpha value is -2.63. The summed E-state index contributed by atoms with van der Waals surface area (Å²) in [7, 11) is 0. The monoisotopic (exact) mass is 325 g/mol. The van der Waals surface area contributed by atoms with Crippen molar-refractivity contribution in [2.75, 3.05) is 0 Å². The summed E-state index contributed by atoms with van der Waals surface area (Å²) in [6, 6.07) is 4.81. The molecule has 124 valence electrons. The third-order valence-corrected chi connectivity index (χ3v) is 4.58. The zero-order valence-electron chi connectivity index (χ0n) is 14.0. The van der Waals surface area contributed by atoms with Crippen molar-refractivity contribution >= 4 is 11.8 Å². The summed E-state index contributed by atoms with van der Waals surface area (Å²) in [6.07, 6.45) is 1.80. The van der Waals surface area contributed by atoms with Gasteiger partial charge in [0.05, 0.1) is 16.8 Å². The predicted octanol–water partition coefficient (Wildman–Crippen LogP) is 2.53. The molecule has 3 rings (SSSR count). The Morgan fingerprint density at radius 3 is 2.71 bits per heavy atom. The maximum atomic E-state index is 13.1. The topological polar surface area (TPSA) is 93.0 Å². The average molecular weight is 325 g/mol. The lowest BCUT2D eigenvalue weighted by molar-refractivity contribution is 0.0688. The Bertz CT molecular complexity index is 847. The number of ketones is 1. The Morgan fingerprint density at radius 2 is 2.04 bits per heavy atom. The number of pyridine rings is 1. The highest BCUT2D eigenvalue weighted by Gasteiger charge is 2.42. The van der Waals surface area contributed by atoms with Gasteiger partial charge < -0.3 is 5.11 Å². The fraction of sp³-hybridized carbons (Fsp3) is 0.389. The van der Waals surface area contributed by atoms with Gasteiger partial charge in [-0.15, -0.1) is 0 Å². The molecular weight excluding hydrogens is 306 g/mol. The molecule has 0 spiro atoms. The number of Topliss-reactive ketones (excluding diaryl/α,β-unsaturated/α-hetero) is 1. The number of aryl methyl sites for hydroxylation is 3. The quantitative estimate of drug-likeness (QED) is 0.932. The highest BCUT2D eigenvalue weighted by molar-refractivity contribution is 6.05. The van der Waals surface area contributed by atoms with Gasteiger partial charge in [-0.25, -0.2) is 19.7 Å². The van der Waals surface area contributed by atoms with E-state index in [2.05, 4.69) is 15.0 Å². The van der Waals surface area contributed by atoms with Crippen LogP contribution in [0.15, 0.2) is 18.2 Å². The highest BCUT2D eigenvalue weighted by Crippen LogP contribution is 2.37. The SMILES string of the molecule is CCc1nc(C)cc(C2(C)CCc3nc(C(=O)O)ccc3C2=O)n1. The molecule has 2 heterocycles. The summed E-state index contributed by atoms with van der Waals surface area (Å²) in [5.74, 6) is -0.421. The summed E-state index contributed by atoms with van der Waals surface area (Å²) in [4.78, 5) is 37.2. The number of aromatic nitrogens is 3. The summed E-state index contributed by atoms with van der Waals surface area (Å²) < 4.78 is 0. The largest absolute Gasteiger partial charge is 0.477 e. The van der Waals surface area contributed by atoms with E-state index in [-0.39, 0.29) is 11.5 Å². The number of carboxylic acids is 1. The van der Waals surface area contributed by atoms with Crippen molar-refractivity contribution in [1.29, 1.82) is 0 Å². The number of nitrogens with zero attached hydrogens (tertiary/aromatic N) is 3. The van der Waals surface area contributed by atoms with Gasteiger partial charge >= 0.3 is 5.97 Å². The molecule has 6 nitrogen and oxygen atoms in total. The van der Waals surface area contributed by atoms with E-state index in [1.165, 1.54) is 6.07 Å². The molecule has 0 radical (unpaired) electrons. The van der Waals surface area contributed by atoms with Crippen LogP contribution >= 0.6 is 0 Å². The molecule has 2 aromatic heterocycles. The molecule has 0 amide bonds. The van der Waals surface area contributed by atoms with Gasteiger partial charge in [0.2, 0.25) is 0 Å². The first-order valence-electron chi connectivity index (χ1n) is 7.98. The third kappa shape index (κ3) is 2.58. The van der Waals surface area contributed by atoms with Gasteiger partial charge in [-0.2, -0.15) is 0 Å². The van der Waals surface area contributed by atoms with Crippen LogP contribution in [0.4, 0.5) is 0 Å². The van der Waals surface area contributed by atoms with Crippen LogP contribution in [-0.2, 0) is 18.3 Å². The van der Waals surface area contributed by atoms with Crippen molar-refractivity contribution < 1.29 is 14.7 Å². The molecule has 24 heavy (non-hydrogen) atoms. The number of hydrogen-bond donors (Lipinski definition) is 1. The molecule has 1 atom stereocenters. The molecule has 0 bridgehead atoms. The molecule has 0 fully saturated rings. The van der Waals surface area contributed by atoms with E-state index in [4.69, 9.17) is 5.11 Å². The van der Waals surface area contributed by atoms with Crippen LogP contribution in [0, 0.1) is 6.92 Å². The van der Waals surface area contributed by atoms with Crippen LogP contribution < -0.4 is 0 Å². The lowest BCUT2D eigenvalue weighted by Gasteiger charge is -2.32. The van der Waals surface area contributed by atoms with Crippen LogP contribution in [0.25, 0.3) is 0 Å². The number of rotatable bonds is 3. The van der Waals surface area contributed by atoms with E-state index in [0.29, 0.717) is 30.5 Å². The fourth-order valence-corrected chi connectivity index (χ4v) is 3.11. The molecule has 0 saturated carbocycles. The van der Waals surface area contributed by atoms with Gasteiger partial charge in [-0.3, -0.25) is 4.79 Å². The van der Waals surface area contributed by atoms with Crippen molar-refractivity contribution in [3.05, 3.63) is 52.4 Å². The van der Waals surface area contributed by atoms with E-state index in [0.717, 1.165) is 17.2 Å². The van der Waals surface area contributed by atoms with E-state index in [1.54, 1.807) is 6.07 Å². The molecule has 0 aromatic carbocycles. The first-order chi connectivity index (χ1) is 11.3. The molecular formula is C18H19N3O3. The van der Waals surface area contributed by atoms with Crippen LogP contribution in [0.2, 0.25) is 0 Å². The van der Waals surface area contributed by atoms with Crippen LogP contribution in [0.5, 0.6) is 0 Å². The molecule has 1 aliphatic rings. The second kappa shape index (κ2) is 5.78. The minimum atomic E-state index is -1.09. The summed E-state index contributed by atoms with van der Waals surface area (Å²) in [5, 5.41) is 9.06. The second-order valence-corrected chi connectivity index (χ2v) is 6.32. The van der Waals surface area contributed by atoms with E-state index >= 15 is 0 Å². The standard InChI is InChI=1S/C18H19N3O3/c1-4-15-19-10(2)9-14(21-15)18(3)8-7-12-11(16(18)22)5-6-13(20-12)17(23)24/h5-6,9H,4,7-8H2,1-3H3,(H,23,24). The Balaban J connectivity index is 2.07. The number of carboxylic acid groups (broad SMARTS) is 1. The van der Waals surface area contributed by atoms with Gasteiger partial charge in [0, 0.05) is 17.7 Å². The van der Waals surface area contributed by atoms with Crippen molar-refractivity contribution in [3.8, 4) is 0 Å². The minimum absolute atomic E-state index is 0.0312. The Morgan fingerprint density at radius 1 is 1.29 bits per heavy atom. The molecule has 1 N–H and O–H groups in total. The molecule has 1 aliphatic carbocycles. The lowest BCUT2D eigenvalue weighted by atomic mass is 9.70. The predicted molar refractivity (Wildman–Crippen MR) is 87.3 cm³/mol. The number of carbonyl (C=O) groups excluding carboxylic acids is 1. The van der Waals surface area contributed by atoms with Crippen molar-refractivity contribution in [3.63, 3.8) is 0 Å². The van der Waals surface area contributed by atoms with Gasteiger partial charge in [0.1, 0.15) is 11.5 Å². The summed E-state index contributed by atoms with van der Waals surface area (Å²) in [5.41, 5.74) is 1.84.